The SMILES string of the molecule is O=C(CSc1cccc(Cl)c1)Nc1ccc(F)c([N+](=O)[O-])c1. The molecule has 0 spiro atoms. The van der Waals surface area contributed by atoms with E-state index in [2.05, 4.69) is 5.32 Å². The van der Waals surface area contributed by atoms with Gasteiger partial charge >= 0.3 is 5.69 Å². The van der Waals surface area contributed by atoms with Gasteiger partial charge < -0.3 is 5.32 Å². The molecule has 0 atom stereocenters. The predicted octanol–water partition coefficient (Wildman–Crippen LogP) is 4.12. The summed E-state index contributed by atoms with van der Waals surface area (Å²) in [4.78, 5) is 22.4. The number of nitro groups is 1. The van der Waals surface area contributed by atoms with Gasteiger partial charge in [0.05, 0.1) is 10.7 Å². The highest BCUT2D eigenvalue weighted by Gasteiger charge is 2.15. The molecule has 0 bridgehead atoms. The lowest BCUT2D eigenvalue weighted by molar-refractivity contribution is -0.387. The van der Waals surface area contributed by atoms with E-state index in [0.717, 1.165) is 17.0 Å². The monoisotopic (exact) mass is 340 g/mol. The fraction of sp³-hybridized carbons (Fsp3) is 0.0714. The maximum Gasteiger partial charge on any atom is 0.306 e. The summed E-state index contributed by atoms with van der Waals surface area (Å²) in [6.45, 7) is 0. The van der Waals surface area contributed by atoms with Crippen molar-refractivity contribution in [3.05, 3.63) is 63.4 Å². The number of nitrogens with zero attached hydrogens (tertiary/aromatic N) is 1. The van der Waals surface area contributed by atoms with Crippen molar-refractivity contribution in [1.82, 2.24) is 0 Å². The highest BCUT2D eigenvalue weighted by Crippen LogP contribution is 2.23. The molecule has 0 heterocycles. The molecule has 5 nitrogen and oxygen atoms in total. The highest BCUT2D eigenvalue weighted by molar-refractivity contribution is 8.00. The smallest absolute Gasteiger partial charge is 0.306 e. The zero-order valence-corrected chi connectivity index (χ0v) is 12.7. The molecule has 2 rings (SSSR count). The third-order valence-corrected chi connectivity index (χ3v) is 3.82. The van der Waals surface area contributed by atoms with Gasteiger partial charge in [0.2, 0.25) is 11.7 Å². The first-order chi connectivity index (χ1) is 10.5. The second-order valence-electron chi connectivity index (χ2n) is 4.22. The number of carbonyl (C=O) groups is 1. The lowest BCUT2D eigenvalue weighted by Gasteiger charge is -2.05. The lowest BCUT2D eigenvalue weighted by Crippen LogP contribution is -2.14. The van der Waals surface area contributed by atoms with Crippen molar-refractivity contribution in [3.63, 3.8) is 0 Å². The number of hydrogen-bond donors (Lipinski definition) is 1. The number of halogens is 2. The van der Waals surface area contributed by atoms with Crippen LogP contribution in [0.1, 0.15) is 0 Å². The average Bonchev–Trinajstić information content (AvgIpc) is 2.47. The zero-order valence-electron chi connectivity index (χ0n) is 11.1. The zero-order chi connectivity index (χ0) is 16.1. The molecule has 1 N–H and O–H groups in total. The van der Waals surface area contributed by atoms with E-state index >= 15 is 0 Å². The molecule has 0 fully saturated rings. The Labute approximate surface area is 134 Å². The number of rotatable bonds is 5. The molecule has 0 saturated heterocycles. The summed E-state index contributed by atoms with van der Waals surface area (Å²) in [5.74, 6) is -1.20. The van der Waals surface area contributed by atoms with Gasteiger partial charge in [-0.05, 0) is 30.3 Å². The van der Waals surface area contributed by atoms with Crippen LogP contribution in [0.4, 0.5) is 15.8 Å². The molecule has 0 radical (unpaired) electrons. The van der Waals surface area contributed by atoms with E-state index in [1.807, 2.05) is 6.07 Å². The Kier molecular flexibility index (Phi) is 5.35. The van der Waals surface area contributed by atoms with Crippen molar-refractivity contribution in [2.75, 3.05) is 11.1 Å². The Hall–Kier alpha value is -2.12. The van der Waals surface area contributed by atoms with Gasteiger partial charge in [-0.15, -0.1) is 11.8 Å². The van der Waals surface area contributed by atoms with Gasteiger partial charge in [0.15, 0.2) is 0 Å². The van der Waals surface area contributed by atoms with Gasteiger partial charge in [-0.2, -0.15) is 4.39 Å². The van der Waals surface area contributed by atoms with Crippen LogP contribution < -0.4 is 5.32 Å². The van der Waals surface area contributed by atoms with Crippen LogP contribution in [0.5, 0.6) is 0 Å². The molecule has 22 heavy (non-hydrogen) atoms. The normalized spacial score (nSPS) is 10.3. The molecule has 0 aromatic heterocycles. The molecule has 0 aliphatic rings. The van der Waals surface area contributed by atoms with Crippen LogP contribution in [-0.2, 0) is 4.79 Å². The summed E-state index contributed by atoms with van der Waals surface area (Å²) >= 11 is 7.11. The maximum absolute atomic E-state index is 13.2. The van der Waals surface area contributed by atoms with E-state index in [1.54, 1.807) is 18.2 Å². The largest absolute Gasteiger partial charge is 0.325 e. The van der Waals surface area contributed by atoms with E-state index < -0.39 is 16.4 Å². The quantitative estimate of drug-likeness (QED) is 0.505. The van der Waals surface area contributed by atoms with Crippen molar-refractivity contribution in [1.29, 1.82) is 0 Å². The Morgan fingerprint density at radius 2 is 2.09 bits per heavy atom. The number of anilines is 1. The second-order valence-corrected chi connectivity index (χ2v) is 5.70. The van der Waals surface area contributed by atoms with Gasteiger partial charge in [0.25, 0.3) is 0 Å². The number of hydrogen-bond acceptors (Lipinski definition) is 4. The maximum atomic E-state index is 13.2. The van der Waals surface area contributed by atoms with Crippen LogP contribution in [-0.4, -0.2) is 16.6 Å². The van der Waals surface area contributed by atoms with Crippen molar-refractivity contribution in [3.8, 4) is 0 Å². The summed E-state index contributed by atoms with van der Waals surface area (Å²) in [6.07, 6.45) is 0. The highest BCUT2D eigenvalue weighted by atomic mass is 35.5. The first-order valence-electron chi connectivity index (χ1n) is 6.08. The molecular weight excluding hydrogens is 331 g/mol. The van der Waals surface area contributed by atoms with E-state index in [-0.39, 0.29) is 17.3 Å². The number of nitrogens with one attached hydrogen (secondary N) is 1. The van der Waals surface area contributed by atoms with Crippen molar-refractivity contribution >= 4 is 40.6 Å². The van der Waals surface area contributed by atoms with Gasteiger partial charge in [-0.25, -0.2) is 0 Å². The van der Waals surface area contributed by atoms with Crippen molar-refractivity contribution < 1.29 is 14.1 Å². The Balaban J connectivity index is 1.97. The summed E-state index contributed by atoms with van der Waals surface area (Å²) in [6, 6.07) is 10.2. The van der Waals surface area contributed by atoms with Crippen LogP contribution in [0.2, 0.25) is 5.02 Å². The fourth-order valence-electron chi connectivity index (χ4n) is 1.63. The van der Waals surface area contributed by atoms with Gasteiger partial charge in [0, 0.05) is 21.7 Å². The van der Waals surface area contributed by atoms with Gasteiger partial charge in [-0.1, -0.05) is 17.7 Å². The lowest BCUT2D eigenvalue weighted by atomic mass is 10.2. The van der Waals surface area contributed by atoms with E-state index in [9.17, 15) is 19.3 Å². The molecule has 0 aliphatic heterocycles. The third kappa shape index (κ3) is 4.44. The number of nitro benzene ring substituents is 1. The molecule has 114 valence electrons. The molecule has 1 amide bonds. The molecule has 8 heteroatoms. The van der Waals surface area contributed by atoms with Crippen LogP contribution in [0.15, 0.2) is 47.4 Å². The standard InChI is InChI=1S/C14H10ClFN2O3S/c15-9-2-1-3-11(6-9)22-8-14(19)17-10-4-5-12(16)13(7-10)18(20)21/h1-7H,8H2,(H,17,19). The summed E-state index contributed by atoms with van der Waals surface area (Å²) in [5.41, 5.74) is -0.509. The first-order valence-corrected chi connectivity index (χ1v) is 7.44. The minimum atomic E-state index is -0.948. The number of carbonyl (C=O) groups excluding carboxylic acids is 1. The van der Waals surface area contributed by atoms with Crippen LogP contribution in [0.25, 0.3) is 0 Å². The van der Waals surface area contributed by atoms with E-state index in [4.69, 9.17) is 11.6 Å². The summed E-state index contributed by atoms with van der Waals surface area (Å²) in [5, 5.41) is 13.7. The second kappa shape index (κ2) is 7.24. The average molecular weight is 341 g/mol. The van der Waals surface area contributed by atoms with E-state index in [1.165, 1.54) is 17.8 Å². The minimum absolute atomic E-state index is 0.103. The van der Waals surface area contributed by atoms with Gasteiger partial charge in [0.1, 0.15) is 0 Å². The number of benzene rings is 2. The van der Waals surface area contributed by atoms with Gasteiger partial charge in [-0.3, -0.25) is 14.9 Å². The molecular formula is C14H10ClFN2O3S. The molecule has 0 saturated carbocycles. The number of thioether (sulfide) groups is 1. The van der Waals surface area contributed by atoms with Crippen molar-refractivity contribution in [2.24, 2.45) is 0 Å². The molecule has 2 aromatic carbocycles. The Morgan fingerprint density at radius 1 is 1.32 bits per heavy atom. The third-order valence-electron chi connectivity index (χ3n) is 2.59. The first kappa shape index (κ1) is 16.3. The van der Waals surface area contributed by atoms with Crippen LogP contribution in [0.3, 0.4) is 0 Å². The fourth-order valence-corrected chi connectivity index (χ4v) is 2.64. The molecule has 0 aliphatic carbocycles. The Morgan fingerprint density at radius 3 is 2.77 bits per heavy atom. The molecule has 0 unspecified atom stereocenters. The molecule has 2 aromatic rings. The predicted molar refractivity (Wildman–Crippen MR) is 83.9 cm³/mol. The topological polar surface area (TPSA) is 72.2 Å². The van der Waals surface area contributed by atoms with Crippen molar-refractivity contribution in [2.45, 2.75) is 4.90 Å². The minimum Gasteiger partial charge on any atom is -0.325 e. The van der Waals surface area contributed by atoms with E-state index in [0.29, 0.717) is 5.02 Å². The number of amides is 1. The van der Waals surface area contributed by atoms with Crippen LogP contribution in [0, 0.1) is 15.9 Å². The summed E-state index contributed by atoms with van der Waals surface area (Å²) in [7, 11) is 0. The summed E-state index contributed by atoms with van der Waals surface area (Å²) < 4.78 is 13.2. The van der Waals surface area contributed by atoms with Crippen LogP contribution >= 0.6 is 23.4 Å². The Bertz CT molecular complexity index is 727.